The molecule has 1 atom stereocenters. The van der Waals surface area contributed by atoms with Crippen molar-refractivity contribution in [2.75, 3.05) is 0 Å². The highest BCUT2D eigenvalue weighted by atomic mass is 16.5. The van der Waals surface area contributed by atoms with Gasteiger partial charge in [-0.3, -0.25) is 0 Å². The van der Waals surface area contributed by atoms with Crippen LogP contribution in [0.25, 0.3) is 0 Å². The summed E-state index contributed by atoms with van der Waals surface area (Å²) in [5.41, 5.74) is 3.72. The Morgan fingerprint density at radius 3 is 2.43 bits per heavy atom. The van der Waals surface area contributed by atoms with E-state index < -0.39 is 5.97 Å². The molecule has 3 nitrogen and oxygen atoms in total. The van der Waals surface area contributed by atoms with Crippen molar-refractivity contribution < 1.29 is 14.6 Å². The van der Waals surface area contributed by atoms with Gasteiger partial charge in [0.1, 0.15) is 0 Å². The van der Waals surface area contributed by atoms with E-state index in [4.69, 9.17) is 4.74 Å². The number of hydrogen-bond donors (Lipinski definition) is 1. The van der Waals surface area contributed by atoms with Gasteiger partial charge in [0.15, 0.2) is 11.5 Å². The second kappa shape index (κ2) is 8.56. The maximum Gasteiger partial charge on any atom is 0.336 e. The molecule has 0 spiro atoms. The number of carbonyl (C=O) groups is 1. The minimum absolute atomic E-state index is 0.0743. The van der Waals surface area contributed by atoms with E-state index in [-0.39, 0.29) is 17.4 Å². The highest BCUT2D eigenvalue weighted by Gasteiger charge is 2.18. The van der Waals surface area contributed by atoms with Crippen LogP contribution in [0.5, 0.6) is 11.5 Å². The zero-order valence-corrected chi connectivity index (χ0v) is 15.1. The molecule has 0 saturated heterocycles. The summed E-state index contributed by atoms with van der Waals surface area (Å²) in [4.78, 5) is 11.8. The number of phenols is 1. The summed E-state index contributed by atoms with van der Waals surface area (Å²) in [5, 5.41) is 10.5. The van der Waals surface area contributed by atoms with Crippen LogP contribution in [-0.2, 0) is 4.79 Å². The number of hydrogen-bond acceptors (Lipinski definition) is 3. The molecule has 0 saturated carbocycles. The molecular formula is C20H28O3. The van der Waals surface area contributed by atoms with Gasteiger partial charge in [0.2, 0.25) is 0 Å². The molecule has 1 aromatic rings. The predicted molar refractivity (Wildman–Crippen MR) is 95.0 cm³/mol. The fourth-order valence-electron chi connectivity index (χ4n) is 2.36. The van der Waals surface area contributed by atoms with E-state index >= 15 is 0 Å². The number of phenolic OH excluding ortho intramolecular Hbond substituents is 1. The molecule has 0 amide bonds. The quantitative estimate of drug-likeness (QED) is 0.330. The van der Waals surface area contributed by atoms with Crippen molar-refractivity contribution in [1.82, 2.24) is 0 Å². The van der Waals surface area contributed by atoms with Crippen LogP contribution in [0.2, 0.25) is 0 Å². The van der Waals surface area contributed by atoms with Crippen LogP contribution in [0, 0.1) is 6.92 Å². The molecule has 23 heavy (non-hydrogen) atoms. The van der Waals surface area contributed by atoms with Gasteiger partial charge in [-0.05, 0) is 58.9 Å². The van der Waals surface area contributed by atoms with E-state index in [0.29, 0.717) is 0 Å². The lowest BCUT2D eigenvalue weighted by Gasteiger charge is -2.16. The van der Waals surface area contributed by atoms with Crippen LogP contribution in [0.1, 0.15) is 64.5 Å². The zero-order valence-electron chi connectivity index (χ0n) is 15.1. The summed E-state index contributed by atoms with van der Waals surface area (Å²) in [7, 11) is 0. The van der Waals surface area contributed by atoms with Crippen molar-refractivity contribution in [3.63, 3.8) is 0 Å². The van der Waals surface area contributed by atoms with Crippen LogP contribution < -0.4 is 4.74 Å². The van der Waals surface area contributed by atoms with Gasteiger partial charge in [-0.25, -0.2) is 4.79 Å². The first-order chi connectivity index (χ1) is 10.7. The van der Waals surface area contributed by atoms with Crippen molar-refractivity contribution in [2.45, 2.75) is 60.3 Å². The maximum atomic E-state index is 11.8. The first-order valence-electron chi connectivity index (χ1n) is 8.05. The Balaban J connectivity index is 2.99. The van der Waals surface area contributed by atoms with Crippen LogP contribution in [-0.4, -0.2) is 11.1 Å². The molecular weight excluding hydrogens is 288 g/mol. The van der Waals surface area contributed by atoms with Crippen molar-refractivity contribution in [2.24, 2.45) is 0 Å². The lowest BCUT2D eigenvalue weighted by Crippen LogP contribution is -2.07. The summed E-state index contributed by atoms with van der Waals surface area (Å²) in [6, 6.07) is 3.80. The molecule has 0 aliphatic rings. The molecule has 126 valence electrons. The maximum absolute atomic E-state index is 11.8. The third-order valence-corrected chi connectivity index (χ3v) is 3.65. The van der Waals surface area contributed by atoms with Crippen LogP contribution in [0.4, 0.5) is 0 Å². The molecule has 1 rings (SSSR count). The molecule has 0 aromatic heterocycles. The molecule has 0 heterocycles. The van der Waals surface area contributed by atoms with Gasteiger partial charge in [0.25, 0.3) is 0 Å². The Kier molecular flexibility index (Phi) is 7.08. The Bertz CT molecular complexity index is 616. The van der Waals surface area contributed by atoms with Crippen molar-refractivity contribution in [3.05, 3.63) is 46.6 Å². The van der Waals surface area contributed by atoms with Gasteiger partial charge in [-0.2, -0.15) is 0 Å². The molecule has 0 fully saturated rings. The first kappa shape index (κ1) is 19.0. The first-order valence-corrected chi connectivity index (χ1v) is 8.05. The fourth-order valence-corrected chi connectivity index (χ4v) is 2.36. The number of esters is 1. The minimum atomic E-state index is -0.460. The number of aryl methyl sites for hydroxylation is 1. The second-order valence-corrected chi connectivity index (χ2v) is 6.55. The zero-order chi connectivity index (χ0) is 17.6. The van der Waals surface area contributed by atoms with Crippen LogP contribution in [0.15, 0.2) is 35.4 Å². The largest absolute Gasteiger partial charge is 0.504 e. The van der Waals surface area contributed by atoms with Gasteiger partial charge < -0.3 is 9.84 Å². The number of aromatic hydroxyl groups is 1. The number of benzene rings is 1. The van der Waals surface area contributed by atoms with E-state index in [1.165, 1.54) is 11.6 Å². The number of carbonyl (C=O) groups excluding carboxylic acids is 1. The topological polar surface area (TPSA) is 46.5 Å². The van der Waals surface area contributed by atoms with Gasteiger partial charge in [0, 0.05) is 11.6 Å². The van der Waals surface area contributed by atoms with Gasteiger partial charge in [-0.15, -0.1) is 0 Å². The molecule has 0 radical (unpaired) electrons. The highest BCUT2D eigenvalue weighted by molar-refractivity contribution is 5.85. The Morgan fingerprint density at radius 1 is 1.22 bits per heavy atom. The van der Waals surface area contributed by atoms with Crippen molar-refractivity contribution in [3.8, 4) is 11.5 Å². The summed E-state index contributed by atoms with van der Waals surface area (Å²) >= 11 is 0. The summed E-state index contributed by atoms with van der Waals surface area (Å²) < 4.78 is 5.34. The molecule has 0 unspecified atom stereocenters. The lowest BCUT2D eigenvalue weighted by atomic mass is 9.93. The molecule has 0 aliphatic heterocycles. The Labute approximate surface area is 139 Å². The van der Waals surface area contributed by atoms with E-state index in [9.17, 15) is 9.90 Å². The van der Waals surface area contributed by atoms with Crippen molar-refractivity contribution in [1.29, 1.82) is 0 Å². The van der Waals surface area contributed by atoms with Gasteiger partial charge >= 0.3 is 5.97 Å². The average molecular weight is 316 g/mol. The van der Waals surface area contributed by atoms with Crippen LogP contribution >= 0.6 is 0 Å². The molecule has 1 N–H and O–H groups in total. The monoisotopic (exact) mass is 316 g/mol. The summed E-state index contributed by atoms with van der Waals surface area (Å²) in [5.74, 6) is 0.0640. The normalized spacial score (nSPS) is 11.6. The minimum Gasteiger partial charge on any atom is -0.504 e. The molecule has 1 aromatic carbocycles. The van der Waals surface area contributed by atoms with Crippen LogP contribution in [0.3, 0.4) is 0 Å². The number of rotatable bonds is 6. The molecule has 0 bridgehead atoms. The third kappa shape index (κ3) is 5.93. The lowest BCUT2D eigenvalue weighted by molar-refractivity contribution is -0.129. The summed E-state index contributed by atoms with van der Waals surface area (Å²) in [6.45, 7) is 11.7. The number of allylic oxidation sites excluding steroid dienone is 3. The SMILES string of the molecule is CC(C)=CCC[C@H](C)c1ccc(C)c(OC(=O)C=C(C)C)c1O. The third-order valence-electron chi connectivity index (χ3n) is 3.65. The standard InChI is InChI=1S/C20H28O3/c1-13(2)8-7-9-15(5)17-11-10-16(6)20(19(17)22)23-18(21)12-14(3)4/h8,10-12,15,22H,7,9H2,1-6H3/t15-/m0/s1. The van der Waals surface area contributed by atoms with E-state index in [1.54, 1.807) is 0 Å². The second-order valence-electron chi connectivity index (χ2n) is 6.55. The van der Waals surface area contributed by atoms with E-state index in [0.717, 1.165) is 29.5 Å². The smallest absolute Gasteiger partial charge is 0.336 e. The number of ether oxygens (including phenoxy) is 1. The summed E-state index contributed by atoms with van der Waals surface area (Å²) in [6.07, 6.45) is 5.51. The Hall–Kier alpha value is -2.03. The van der Waals surface area contributed by atoms with Gasteiger partial charge in [-0.1, -0.05) is 36.3 Å². The Morgan fingerprint density at radius 2 is 1.87 bits per heavy atom. The fraction of sp³-hybridized carbons (Fsp3) is 0.450. The molecule has 0 aliphatic carbocycles. The highest BCUT2D eigenvalue weighted by Crippen LogP contribution is 2.39. The van der Waals surface area contributed by atoms with Gasteiger partial charge in [0.05, 0.1) is 0 Å². The molecule has 3 heteroatoms. The predicted octanol–water partition coefficient (Wildman–Crippen LogP) is 5.42. The van der Waals surface area contributed by atoms with E-state index in [2.05, 4.69) is 26.8 Å². The average Bonchev–Trinajstić information content (AvgIpc) is 2.42. The van der Waals surface area contributed by atoms with E-state index in [1.807, 2.05) is 32.9 Å². The van der Waals surface area contributed by atoms with Crippen molar-refractivity contribution >= 4 is 5.97 Å².